The van der Waals surface area contributed by atoms with Gasteiger partial charge in [0.1, 0.15) is 0 Å². The quantitative estimate of drug-likeness (QED) is 0.497. The Hall–Kier alpha value is -2.12. The van der Waals surface area contributed by atoms with Gasteiger partial charge in [-0.25, -0.2) is 0 Å². The minimum absolute atomic E-state index is 1.01. The van der Waals surface area contributed by atoms with Crippen LogP contribution >= 0.6 is 0 Å². The molecule has 127 valence electrons. The van der Waals surface area contributed by atoms with Gasteiger partial charge in [-0.1, -0.05) is 104 Å². The van der Waals surface area contributed by atoms with Crippen molar-refractivity contribution in [2.75, 3.05) is 0 Å². The lowest BCUT2D eigenvalue weighted by atomic mass is 10.1. The van der Waals surface area contributed by atoms with Crippen molar-refractivity contribution >= 4 is 24.4 Å². The Bertz CT molecular complexity index is 738. The summed E-state index contributed by atoms with van der Waals surface area (Å²) >= 11 is 0. The van der Waals surface area contributed by atoms with Crippen LogP contribution in [-0.2, 0) is 0 Å². The predicted octanol–water partition coefficient (Wildman–Crippen LogP) is 4.05. The largest absolute Gasteiger partial charge is 0.154 e. The fourth-order valence-electron chi connectivity index (χ4n) is 3.86. The van der Waals surface area contributed by atoms with Crippen molar-refractivity contribution in [1.82, 2.24) is 0 Å². The first-order chi connectivity index (χ1) is 11.8. The molecular formula is C24H27Si. The van der Waals surface area contributed by atoms with E-state index in [0.29, 0.717) is 0 Å². The Kier molecular flexibility index (Phi) is 4.96. The van der Waals surface area contributed by atoms with Gasteiger partial charge in [0, 0.05) is 0 Å². The molecule has 1 radical (unpaired) electrons. The molecule has 0 nitrogen and oxygen atoms in total. The molecule has 0 aliphatic rings. The van der Waals surface area contributed by atoms with Crippen LogP contribution in [0.1, 0.15) is 33.4 Å². The van der Waals surface area contributed by atoms with Crippen LogP contribution in [0.2, 0.25) is 0 Å². The van der Waals surface area contributed by atoms with Crippen LogP contribution in [0.15, 0.2) is 54.6 Å². The van der Waals surface area contributed by atoms with Gasteiger partial charge in [0.25, 0.3) is 0 Å². The maximum atomic E-state index is 2.39. The molecule has 0 saturated carbocycles. The average Bonchev–Trinajstić information content (AvgIpc) is 2.44. The molecule has 0 N–H and O–H groups in total. The van der Waals surface area contributed by atoms with Crippen molar-refractivity contribution in [2.45, 2.75) is 41.5 Å². The summed E-state index contributed by atoms with van der Waals surface area (Å²) in [5.41, 5.74) is 8.12. The molecule has 3 rings (SSSR count). The fraction of sp³-hybridized carbons (Fsp3) is 0.250. The first kappa shape index (κ1) is 17.7. The van der Waals surface area contributed by atoms with Crippen molar-refractivity contribution < 1.29 is 0 Å². The molecule has 0 bridgehead atoms. The fourth-order valence-corrected chi connectivity index (χ4v) is 7.09. The summed E-state index contributed by atoms with van der Waals surface area (Å²) in [4.78, 5) is 0. The number of hydrogen-bond donors (Lipinski definition) is 0. The Balaban J connectivity index is 2.27. The summed E-state index contributed by atoms with van der Waals surface area (Å²) in [6.07, 6.45) is 0. The van der Waals surface area contributed by atoms with Gasteiger partial charge in [-0.05, 0) is 41.5 Å². The molecule has 0 fully saturated rings. The van der Waals surface area contributed by atoms with Crippen molar-refractivity contribution in [2.24, 2.45) is 0 Å². The topological polar surface area (TPSA) is 0 Å². The third-order valence-corrected chi connectivity index (χ3v) is 7.13. The highest BCUT2D eigenvalue weighted by molar-refractivity contribution is 6.95. The van der Waals surface area contributed by atoms with E-state index in [1.165, 1.54) is 48.9 Å². The first-order valence-corrected chi connectivity index (χ1v) is 10.4. The number of aryl methyl sites for hydroxylation is 6. The van der Waals surface area contributed by atoms with E-state index in [1.54, 1.807) is 0 Å². The lowest BCUT2D eigenvalue weighted by molar-refractivity contribution is 1.39. The van der Waals surface area contributed by atoms with Crippen LogP contribution in [-0.4, -0.2) is 8.80 Å². The molecule has 0 heterocycles. The number of benzene rings is 3. The van der Waals surface area contributed by atoms with E-state index in [2.05, 4.69) is 96.1 Å². The van der Waals surface area contributed by atoms with Gasteiger partial charge < -0.3 is 0 Å². The molecule has 0 spiro atoms. The molecule has 0 aromatic heterocycles. The Labute approximate surface area is 154 Å². The van der Waals surface area contributed by atoms with E-state index in [4.69, 9.17) is 0 Å². The second kappa shape index (κ2) is 7.01. The highest BCUT2D eigenvalue weighted by Gasteiger charge is 2.21. The van der Waals surface area contributed by atoms with Crippen LogP contribution in [0.4, 0.5) is 0 Å². The Morgan fingerprint density at radius 1 is 0.360 bits per heavy atom. The molecule has 3 aromatic rings. The van der Waals surface area contributed by atoms with Gasteiger partial charge in [0.2, 0.25) is 0 Å². The van der Waals surface area contributed by atoms with Crippen LogP contribution < -0.4 is 15.6 Å². The van der Waals surface area contributed by atoms with Gasteiger partial charge in [-0.15, -0.1) is 0 Å². The van der Waals surface area contributed by atoms with E-state index < -0.39 is 8.80 Å². The van der Waals surface area contributed by atoms with Crippen LogP contribution in [0.25, 0.3) is 0 Å². The summed E-state index contributed by atoms with van der Waals surface area (Å²) < 4.78 is 0. The van der Waals surface area contributed by atoms with E-state index in [0.717, 1.165) is 0 Å². The summed E-state index contributed by atoms with van der Waals surface area (Å²) in [6.45, 7) is 13.2. The second-order valence-corrected chi connectivity index (χ2v) is 9.99. The lowest BCUT2D eigenvalue weighted by Gasteiger charge is -2.20. The van der Waals surface area contributed by atoms with Crippen LogP contribution in [0.3, 0.4) is 0 Å². The van der Waals surface area contributed by atoms with Gasteiger partial charge in [-0.3, -0.25) is 0 Å². The summed E-state index contributed by atoms with van der Waals surface area (Å²) in [7, 11) is -1.01. The van der Waals surface area contributed by atoms with Gasteiger partial charge >= 0.3 is 0 Å². The monoisotopic (exact) mass is 343 g/mol. The summed E-state index contributed by atoms with van der Waals surface area (Å²) in [5, 5.41) is 4.45. The van der Waals surface area contributed by atoms with E-state index >= 15 is 0 Å². The Morgan fingerprint density at radius 2 is 0.560 bits per heavy atom. The number of rotatable bonds is 3. The molecule has 1 heteroatoms. The van der Waals surface area contributed by atoms with Gasteiger partial charge in [0.15, 0.2) is 8.80 Å². The van der Waals surface area contributed by atoms with Crippen LogP contribution in [0.5, 0.6) is 0 Å². The van der Waals surface area contributed by atoms with Crippen molar-refractivity contribution in [3.8, 4) is 0 Å². The zero-order valence-electron chi connectivity index (χ0n) is 16.2. The SMILES string of the molecule is Cc1cc(C)cc([Si](c2cc(C)cc(C)c2)c2cc(C)cc(C)c2)c1. The molecular weight excluding hydrogens is 316 g/mol. The van der Waals surface area contributed by atoms with Gasteiger partial charge in [0.05, 0.1) is 0 Å². The molecule has 0 amide bonds. The average molecular weight is 344 g/mol. The minimum Gasteiger partial charge on any atom is -0.0595 e. The van der Waals surface area contributed by atoms with Gasteiger partial charge in [-0.2, -0.15) is 0 Å². The molecule has 3 aromatic carbocycles. The molecule has 0 atom stereocenters. The maximum absolute atomic E-state index is 2.39. The van der Waals surface area contributed by atoms with E-state index in [1.807, 2.05) is 0 Å². The lowest BCUT2D eigenvalue weighted by Crippen LogP contribution is -2.52. The van der Waals surface area contributed by atoms with Crippen molar-refractivity contribution in [1.29, 1.82) is 0 Å². The predicted molar refractivity (Wildman–Crippen MR) is 112 cm³/mol. The van der Waals surface area contributed by atoms with Crippen LogP contribution in [0, 0.1) is 41.5 Å². The standard InChI is InChI=1S/C24H27Si/c1-16-7-17(2)11-22(10-16)25(23-12-18(3)8-19(4)13-23)24-14-20(5)9-21(6)15-24/h7-15H,1-6H3. The summed E-state index contributed by atoms with van der Waals surface area (Å²) in [6, 6.07) is 21.1. The maximum Gasteiger partial charge on any atom is 0.154 e. The van der Waals surface area contributed by atoms with E-state index in [9.17, 15) is 0 Å². The second-order valence-electron chi connectivity index (χ2n) is 7.50. The summed E-state index contributed by atoms with van der Waals surface area (Å²) in [5.74, 6) is 0. The normalized spacial score (nSPS) is 11.2. The molecule has 0 aliphatic heterocycles. The molecule has 0 saturated heterocycles. The molecule has 25 heavy (non-hydrogen) atoms. The van der Waals surface area contributed by atoms with Crippen molar-refractivity contribution in [3.63, 3.8) is 0 Å². The molecule has 0 aliphatic carbocycles. The highest BCUT2D eigenvalue weighted by Crippen LogP contribution is 2.08. The number of hydrogen-bond acceptors (Lipinski definition) is 0. The third-order valence-electron chi connectivity index (χ3n) is 4.53. The smallest absolute Gasteiger partial charge is 0.0595 e. The van der Waals surface area contributed by atoms with Crippen molar-refractivity contribution in [3.05, 3.63) is 88.0 Å². The minimum atomic E-state index is -1.01. The zero-order chi connectivity index (χ0) is 18.1. The van der Waals surface area contributed by atoms with E-state index in [-0.39, 0.29) is 0 Å². The zero-order valence-corrected chi connectivity index (χ0v) is 17.2. The first-order valence-electron chi connectivity index (χ1n) is 8.95. The highest BCUT2D eigenvalue weighted by atomic mass is 28.3. The molecule has 0 unspecified atom stereocenters. The third kappa shape index (κ3) is 4.11. The Morgan fingerprint density at radius 3 is 0.760 bits per heavy atom.